The second-order valence-electron chi connectivity index (χ2n) is 6.60. The van der Waals surface area contributed by atoms with E-state index in [9.17, 15) is 9.59 Å². The predicted molar refractivity (Wildman–Crippen MR) is 93.7 cm³/mol. The molecule has 2 aliphatic heterocycles. The Bertz CT molecular complexity index is 729. The molecular formula is C18H21N3O2S. The maximum absolute atomic E-state index is 13.0. The molecule has 2 aromatic rings. The molecule has 5 nitrogen and oxygen atoms in total. The summed E-state index contributed by atoms with van der Waals surface area (Å²) in [5.41, 5.74) is 1.01. The number of hydrogen-bond donors (Lipinski definition) is 1. The fourth-order valence-electron chi connectivity index (χ4n) is 3.66. The van der Waals surface area contributed by atoms with E-state index < -0.39 is 0 Å². The summed E-state index contributed by atoms with van der Waals surface area (Å²) in [6, 6.07) is 8.23. The Morgan fingerprint density at radius 1 is 1.25 bits per heavy atom. The molecule has 2 fully saturated rings. The Balaban J connectivity index is 1.58. The second-order valence-corrected chi connectivity index (χ2v) is 7.66. The van der Waals surface area contributed by atoms with Crippen LogP contribution in [0.4, 0.5) is 0 Å². The number of likely N-dealkylation sites (tertiary alicyclic amines) is 1. The van der Waals surface area contributed by atoms with Crippen LogP contribution < -0.4 is 5.32 Å². The van der Waals surface area contributed by atoms with E-state index in [1.165, 1.54) is 4.70 Å². The van der Waals surface area contributed by atoms with Gasteiger partial charge in [-0.2, -0.15) is 0 Å². The van der Waals surface area contributed by atoms with Crippen molar-refractivity contribution in [2.24, 2.45) is 5.92 Å². The monoisotopic (exact) mass is 343 g/mol. The number of rotatable bonds is 2. The van der Waals surface area contributed by atoms with Gasteiger partial charge in [0, 0.05) is 19.5 Å². The van der Waals surface area contributed by atoms with Crippen molar-refractivity contribution in [2.45, 2.75) is 38.1 Å². The molecule has 6 heteroatoms. The maximum atomic E-state index is 13.0. The molecule has 2 atom stereocenters. The Morgan fingerprint density at radius 2 is 2.12 bits per heavy atom. The van der Waals surface area contributed by atoms with Gasteiger partial charge in [-0.1, -0.05) is 12.1 Å². The van der Waals surface area contributed by atoms with Crippen molar-refractivity contribution >= 4 is 33.4 Å². The molecule has 0 bridgehead atoms. The van der Waals surface area contributed by atoms with Gasteiger partial charge in [-0.25, -0.2) is 4.98 Å². The number of fused-ring (bicyclic) bond motifs is 1. The summed E-state index contributed by atoms with van der Waals surface area (Å²) < 4.78 is 1.18. The van der Waals surface area contributed by atoms with Gasteiger partial charge >= 0.3 is 0 Å². The van der Waals surface area contributed by atoms with E-state index in [0.29, 0.717) is 19.4 Å². The van der Waals surface area contributed by atoms with Crippen LogP contribution in [0.1, 0.15) is 43.2 Å². The minimum atomic E-state index is -0.0855. The third-order valence-corrected chi connectivity index (χ3v) is 6.13. The number of carbonyl (C=O) groups is 2. The first-order chi connectivity index (χ1) is 11.7. The topological polar surface area (TPSA) is 62.3 Å². The van der Waals surface area contributed by atoms with Crippen LogP contribution in [0, 0.1) is 5.92 Å². The largest absolute Gasteiger partial charge is 0.355 e. The molecule has 24 heavy (non-hydrogen) atoms. The number of para-hydroxylation sites is 1. The summed E-state index contributed by atoms with van der Waals surface area (Å²) in [5.74, 6) is 0.150. The lowest BCUT2D eigenvalue weighted by Crippen LogP contribution is -2.47. The van der Waals surface area contributed by atoms with Gasteiger partial charge in [0.1, 0.15) is 5.01 Å². The van der Waals surface area contributed by atoms with Crippen LogP contribution in [0.2, 0.25) is 0 Å². The Kier molecular flexibility index (Phi) is 4.22. The summed E-state index contributed by atoms with van der Waals surface area (Å²) in [6.45, 7) is 1.27. The van der Waals surface area contributed by atoms with Crippen LogP contribution in [-0.4, -0.2) is 34.8 Å². The number of nitrogens with one attached hydrogen (secondary N) is 1. The Morgan fingerprint density at radius 3 is 2.92 bits per heavy atom. The first-order valence-electron chi connectivity index (χ1n) is 8.65. The molecule has 2 amide bonds. The SMILES string of the molecule is O=C1CC[C@H](C(=O)N2CCCC[C@H]2c2nc3ccccc3s2)CN1. The lowest BCUT2D eigenvalue weighted by atomic mass is 9.94. The predicted octanol–water partition coefficient (Wildman–Crippen LogP) is 2.88. The standard InChI is InChI=1S/C18H21N3O2S/c22-16-9-8-12(11-19-16)18(23)21-10-4-3-6-14(21)17-20-13-5-1-2-7-15(13)24-17/h1-2,5,7,12,14H,3-4,6,8-11H2,(H,19,22)/t12-,14-/m0/s1. The van der Waals surface area contributed by atoms with Crippen molar-refractivity contribution in [3.63, 3.8) is 0 Å². The number of benzene rings is 1. The van der Waals surface area contributed by atoms with Gasteiger partial charge in [0.25, 0.3) is 0 Å². The molecule has 2 saturated heterocycles. The highest BCUT2D eigenvalue weighted by atomic mass is 32.1. The van der Waals surface area contributed by atoms with Gasteiger partial charge in [-0.05, 0) is 37.8 Å². The van der Waals surface area contributed by atoms with Gasteiger partial charge < -0.3 is 10.2 Å². The fraction of sp³-hybridized carbons (Fsp3) is 0.500. The molecule has 0 aliphatic carbocycles. The van der Waals surface area contributed by atoms with Gasteiger partial charge in [0.2, 0.25) is 11.8 Å². The molecule has 0 spiro atoms. The van der Waals surface area contributed by atoms with Gasteiger partial charge in [0.15, 0.2) is 0 Å². The number of piperidine rings is 2. The number of thiazole rings is 1. The minimum Gasteiger partial charge on any atom is -0.355 e. The van der Waals surface area contributed by atoms with Crippen LogP contribution in [0.25, 0.3) is 10.2 Å². The Hall–Kier alpha value is -1.95. The van der Waals surface area contributed by atoms with Gasteiger partial charge in [0.05, 0.1) is 22.2 Å². The van der Waals surface area contributed by atoms with Gasteiger partial charge in [-0.3, -0.25) is 9.59 Å². The molecule has 1 N–H and O–H groups in total. The van der Waals surface area contributed by atoms with E-state index in [0.717, 1.165) is 36.3 Å². The molecule has 0 radical (unpaired) electrons. The average Bonchev–Trinajstić information content (AvgIpc) is 3.06. The van der Waals surface area contributed by atoms with Crippen LogP contribution in [0.15, 0.2) is 24.3 Å². The molecule has 1 aromatic carbocycles. The van der Waals surface area contributed by atoms with Crippen molar-refractivity contribution < 1.29 is 9.59 Å². The molecule has 0 saturated carbocycles. The van der Waals surface area contributed by atoms with Crippen molar-refractivity contribution in [1.82, 2.24) is 15.2 Å². The summed E-state index contributed by atoms with van der Waals surface area (Å²) in [4.78, 5) is 31.2. The number of nitrogens with zero attached hydrogens (tertiary/aromatic N) is 2. The van der Waals surface area contributed by atoms with Crippen LogP contribution in [-0.2, 0) is 9.59 Å². The summed E-state index contributed by atoms with van der Waals surface area (Å²) >= 11 is 1.70. The van der Waals surface area contributed by atoms with Crippen molar-refractivity contribution in [3.8, 4) is 0 Å². The average molecular weight is 343 g/mol. The molecule has 1 aromatic heterocycles. The number of aromatic nitrogens is 1. The number of carbonyl (C=O) groups excluding carboxylic acids is 2. The van der Waals surface area contributed by atoms with E-state index in [1.807, 2.05) is 23.1 Å². The van der Waals surface area contributed by atoms with E-state index in [2.05, 4.69) is 11.4 Å². The van der Waals surface area contributed by atoms with Crippen molar-refractivity contribution in [3.05, 3.63) is 29.3 Å². The normalized spacial score (nSPS) is 24.8. The molecule has 3 heterocycles. The van der Waals surface area contributed by atoms with Crippen molar-refractivity contribution in [2.75, 3.05) is 13.1 Å². The highest BCUT2D eigenvalue weighted by molar-refractivity contribution is 7.18. The summed E-state index contributed by atoms with van der Waals surface area (Å²) in [7, 11) is 0. The van der Waals surface area contributed by atoms with Crippen LogP contribution in [0.3, 0.4) is 0 Å². The van der Waals surface area contributed by atoms with Crippen molar-refractivity contribution in [1.29, 1.82) is 0 Å². The lowest BCUT2D eigenvalue weighted by molar-refractivity contribution is -0.141. The molecule has 0 unspecified atom stereocenters. The fourth-order valence-corrected chi connectivity index (χ4v) is 4.78. The zero-order valence-corrected chi connectivity index (χ0v) is 14.3. The second kappa shape index (κ2) is 6.51. The minimum absolute atomic E-state index is 0.0559. The molecule has 2 aliphatic rings. The van der Waals surface area contributed by atoms with Crippen LogP contribution in [0.5, 0.6) is 0 Å². The molecular weight excluding hydrogens is 322 g/mol. The first-order valence-corrected chi connectivity index (χ1v) is 9.46. The molecule has 126 valence electrons. The zero-order valence-electron chi connectivity index (χ0n) is 13.5. The quantitative estimate of drug-likeness (QED) is 0.912. The van der Waals surface area contributed by atoms with Crippen LogP contribution >= 0.6 is 11.3 Å². The first kappa shape index (κ1) is 15.6. The van der Waals surface area contributed by atoms with E-state index in [-0.39, 0.29) is 23.8 Å². The maximum Gasteiger partial charge on any atom is 0.228 e. The number of amides is 2. The third-order valence-electron chi connectivity index (χ3n) is 5.00. The van der Waals surface area contributed by atoms with E-state index >= 15 is 0 Å². The zero-order chi connectivity index (χ0) is 16.5. The molecule has 4 rings (SSSR count). The lowest BCUT2D eigenvalue weighted by Gasteiger charge is -2.37. The Labute approximate surface area is 145 Å². The van der Waals surface area contributed by atoms with E-state index in [4.69, 9.17) is 4.98 Å². The highest BCUT2D eigenvalue weighted by Gasteiger charge is 2.35. The third kappa shape index (κ3) is 2.90. The summed E-state index contributed by atoms with van der Waals surface area (Å²) in [5, 5.41) is 3.87. The summed E-state index contributed by atoms with van der Waals surface area (Å²) in [6.07, 6.45) is 4.27. The number of hydrogen-bond acceptors (Lipinski definition) is 4. The van der Waals surface area contributed by atoms with E-state index in [1.54, 1.807) is 11.3 Å². The smallest absolute Gasteiger partial charge is 0.228 e. The highest BCUT2D eigenvalue weighted by Crippen LogP contribution is 2.36. The van der Waals surface area contributed by atoms with Gasteiger partial charge in [-0.15, -0.1) is 11.3 Å².